The molecule has 0 spiro atoms. The number of benzene rings is 1. The summed E-state index contributed by atoms with van der Waals surface area (Å²) in [5.74, 6) is 0.231. The van der Waals surface area contributed by atoms with E-state index in [-0.39, 0.29) is 11.8 Å². The van der Waals surface area contributed by atoms with Crippen LogP contribution in [0.1, 0.15) is 16.8 Å². The average Bonchev–Trinajstić information content (AvgIpc) is 2.97. The van der Waals surface area contributed by atoms with Gasteiger partial charge < -0.3 is 5.32 Å². The second kappa shape index (κ2) is 7.12. The second-order valence-corrected chi connectivity index (χ2v) is 5.64. The zero-order chi connectivity index (χ0) is 17.8. The van der Waals surface area contributed by atoms with Crippen molar-refractivity contribution in [1.29, 1.82) is 0 Å². The third kappa shape index (κ3) is 4.00. The molecule has 3 aromatic rings. The first-order valence-electron chi connectivity index (χ1n) is 7.80. The van der Waals surface area contributed by atoms with E-state index < -0.39 is 0 Å². The molecular formula is C18H18FN5O. The van der Waals surface area contributed by atoms with Crippen molar-refractivity contribution in [3.63, 3.8) is 0 Å². The Morgan fingerprint density at radius 2 is 1.96 bits per heavy atom. The van der Waals surface area contributed by atoms with Crippen molar-refractivity contribution in [3.8, 4) is 5.69 Å². The molecule has 2 heterocycles. The van der Waals surface area contributed by atoms with Crippen LogP contribution in [-0.2, 0) is 6.54 Å². The highest BCUT2D eigenvalue weighted by Crippen LogP contribution is 2.13. The zero-order valence-corrected chi connectivity index (χ0v) is 14.0. The van der Waals surface area contributed by atoms with E-state index >= 15 is 0 Å². The van der Waals surface area contributed by atoms with E-state index in [0.717, 1.165) is 22.5 Å². The van der Waals surface area contributed by atoms with Gasteiger partial charge in [0.15, 0.2) is 0 Å². The van der Waals surface area contributed by atoms with E-state index in [0.29, 0.717) is 12.4 Å². The number of anilines is 1. The summed E-state index contributed by atoms with van der Waals surface area (Å²) in [5, 5.41) is 9.90. The van der Waals surface area contributed by atoms with E-state index in [9.17, 15) is 9.18 Å². The summed E-state index contributed by atoms with van der Waals surface area (Å²) in [6.45, 7) is 4.06. The highest BCUT2D eigenvalue weighted by molar-refractivity contribution is 5.88. The molecule has 3 rings (SSSR count). The lowest BCUT2D eigenvalue weighted by Gasteiger charge is -2.08. The highest BCUT2D eigenvalue weighted by atomic mass is 19.1. The Hall–Kier alpha value is -3.22. The molecule has 0 aliphatic carbocycles. The molecule has 1 aromatic carbocycles. The minimum atomic E-state index is -0.337. The van der Waals surface area contributed by atoms with Crippen LogP contribution in [0.2, 0.25) is 0 Å². The molecule has 7 heteroatoms. The molecule has 0 unspecified atom stereocenters. The lowest BCUT2D eigenvalue weighted by atomic mass is 10.2. The number of amides is 2. The van der Waals surface area contributed by atoms with Gasteiger partial charge in [-0.25, -0.2) is 18.9 Å². The number of carbonyl (C=O) groups excluding carboxylic acids is 1. The van der Waals surface area contributed by atoms with E-state index in [4.69, 9.17) is 0 Å². The summed E-state index contributed by atoms with van der Waals surface area (Å²) >= 11 is 0. The number of nitrogens with zero attached hydrogens (tertiary/aromatic N) is 3. The summed E-state index contributed by atoms with van der Waals surface area (Å²) in [6.07, 6.45) is 3.44. The minimum Gasteiger partial charge on any atom is -0.334 e. The van der Waals surface area contributed by atoms with Crippen molar-refractivity contribution in [3.05, 3.63) is 71.4 Å². The topological polar surface area (TPSA) is 71.8 Å². The Balaban J connectivity index is 1.64. The van der Waals surface area contributed by atoms with E-state index in [2.05, 4.69) is 20.7 Å². The van der Waals surface area contributed by atoms with Crippen LogP contribution in [0.3, 0.4) is 0 Å². The summed E-state index contributed by atoms with van der Waals surface area (Å²) in [6, 6.07) is 9.41. The van der Waals surface area contributed by atoms with Gasteiger partial charge >= 0.3 is 6.03 Å². The molecule has 25 heavy (non-hydrogen) atoms. The Labute approximate surface area is 144 Å². The maximum Gasteiger partial charge on any atom is 0.320 e. The van der Waals surface area contributed by atoms with Gasteiger partial charge in [-0.05, 0) is 49.7 Å². The van der Waals surface area contributed by atoms with Gasteiger partial charge in [-0.15, -0.1) is 0 Å². The van der Waals surface area contributed by atoms with Crippen molar-refractivity contribution in [2.45, 2.75) is 20.4 Å². The number of pyridine rings is 1. The average molecular weight is 339 g/mol. The number of nitrogens with one attached hydrogen (secondary N) is 2. The first-order chi connectivity index (χ1) is 12.0. The first-order valence-corrected chi connectivity index (χ1v) is 7.80. The van der Waals surface area contributed by atoms with Gasteiger partial charge in [0.05, 0.1) is 11.4 Å². The highest BCUT2D eigenvalue weighted by Gasteiger charge is 2.09. The molecular weight excluding hydrogens is 321 g/mol. The lowest BCUT2D eigenvalue weighted by molar-refractivity contribution is 0.251. The Morgan fingerprint density at radius 1 is 1.20 bits per heavy atom. The molecule has 0 saturated carbocycles. The van der Waals surface area contributed by atoms with Gasteiger partial charge in [-0.3, -0.25) is 5.32 Å². The standard InChI is InChI=1S/C18H18FN5O/c1-12-4-3-9-20-17(12)22-18(25)21-10-14-11-24(23-13(14)2)16-7-5-15(19)6-8-16/h3-9,11H,10H2,1-2H3,(H2,20,21,22,25). The second-order valence-electron chi connectivity index (χ2n) is 5.64. The van der Waals surface area contributed by atoms with Crippen LogP contribution in [0.4, 0.5) is 15.0 Å². The van der Waals surface area contributed by atoms with Crippen molar-refractivity contribution >= 4 is 11.8 Å². The molecule has 2 N–H and O–H groups in total. The monoisotopic (exact) mass is 339 g/mol. The number of halogens is 1. The molecule has 0 radical (unpaired) electrons. The molecule has 0 aliphatic rings. The van der Waals surface area contributed by atoms with Gasteiger partial charge in [0, 0.05) is 24.5 Å². The van der Waals surface area contributed by atoms with Crippen LogP contribution in [0.25, 0.3) is 5.69 Å². The number of hydrogen-bond donors (Lipinski definition) is 2. The summed E-state index contributed by atoms with van der Waals surface area (Å²) in [7, 11) is 0. The van der Waals surface area contributed by atoms with Gasteiger partial charge in [0.2, 0.25) is 0 Å². The van der Waals surface area contributed by atoms with E-state index in [1.807, 2.05) is 32.2 Å². The number of urea groups is 1. The lowest BCUT2D eigenvalue weighted by Crippen LogP contribution is -2.29. The van der Waals surface area contributed by atoms with Crippen LogP contribution in [-0.4, -0.2) is 20.8 Å². The Morgan fingerprint density at radius 3 is 2.68 bits per heavy atom. The largest absolute Gasteiger partial charge is 0.334 e. The number of rotatable bonds is 4. The predicted molar refractivity (Wildman–Crippen MR) is 93.1 cm³/mol. The Bertz CT molecular complexity index is 889. The molecule has 6 nitrogen and oxygen atoms in total. The fourth-order valence-electron chi connectivity index (χ4n) is 2.34. The molecule has 128 valence electrons. The van der Waals surface area contributed by atoms with Crippen molar-refractivity contribution in [2.24, 2.45) is 0 Å². The zero-order valence-electron chi connectivity index (χ0n) is 14.0. The molecule has 0 bridgehead atoms. The van der Waals surface area contributed by atoms with Crippen LogP contribution in [0, 0.1) is 19.7 Å². The normalized spacial score (nSPS) is 10.5. The smallest absolute Gasteiger partial charge is 0.320 e. The summed E-state index contributed by atoms with van der Waals surface area (Å²) < 4.78 is 14.7. The van der Waals surface area contributed by atoms with E-state index in [1.54, 1.807) is 23.0 Å². The predicted octanol–water partition coefficient (Wildman–Crippen LogP) is 3.34. The molecule has 0 aliphatic heterocycles. The fourth-order valence-corrected chi connectivity index (χ4v) is 2.34. The number of carbonyl (C=O) groups is 1. The summed E-state index contributed by atoms with van der Waals surface area (Å²) in [4.78, 5) is 16.2. The summed E-state index contributed by atoms with van der Waals surface area (Å²) in [5.41, 5.74) is 3.30. The molecule has 0 atom stereocenters. The maximum atomic E-state index is 13.0. The van der Waals surface area contributed by atoms with Crippen LogP contribution in [0.15, 0.2) is 48.8 Å². The fraction of sp³-hybridized carbons (Fsp3) is 0.167. The third-order valence-corrected chi connectivity index (χ3v) is 3.77. The maximum absolute atomic E-state index is 13.0. The molecule has 2 aromatic heterocycles. The quantitative estimate of drug-likeness (QED) is 0.766. The number of aryl methyl sites for hydroxylation is 2. The van der Waals surface area contributed by atoms with Crippen LogP contribution < -0.4 is 10.6 Å². The third-order valence-electron chi connectivity index (χ3n) is 3.77. The SMILES string of the molecule is Cc1cccnc1NC(=O)NCc1cn(-c2ccc(F)cc2)nc1C. The van der Waals surface area contributed by atoms with Gasteiger partial charge in [0.25, 0.3) is 0 Å². The van der Waals surface area contributed by atoms with Crippen molar-refractivity contribution in [1.82, 2.24) is 20.1 Å². The molecule has 0 fully saturated rings. The van der Waals surface area contributed by atoms with E-state index in [1.165, 1.54) is 12.1 Å². The first kappa shape index (κ1) is 16.6. The van der Waals surface area contributed by atoms with Gasteiger partial charge in [-0.2, -0.15) is 5.10 Å². The molecule has 0 saturated heterocycles. The number of aromatic nitrogens is 3. The minimum absolute atomic E-state index is 0.295. The number of hydrogen-bond acceptors (Lipinski definition) is 3. The van der Waals surface area contributed by atoms with Gasteiger partial charge in [-0.1, -0.05) is 6.07 Å². The molecule has 2 amide bonds. The van der Waals surface area contributed by atoms with Crippen LogP contribution >= 0.6 is 0 Å². The van der Waals surface area contributed by atoms with Crippen LogP contribution in [0.5, 0.6) is 0 Å². The van der Waals surface area contributed by atoms with Gasteiger partial charge in [0.1, 0.15) is 11.6 Å². The van der Waals surface area contributed by atoms with Crippen molar-refractivity contribution in [2.75, 3.05) is 5.32 Å². The Kier molecular flexibility index (Phi) is 4.74. The van der Waals surface area contributed by atoms with Crippen molar-refractivity contribution < 1.29 is 9.18 Å².